The molecule has 1 aliphatic heterocycles. The Morgan fingerprint density at radius 3 is 2.76 bits per heavy atom. The highest BCUT2D eigenvalue weighted by Gasteiger charge is 2.35. The second-order valence-corrected chi connectivity index (χ2v) is 6.52. The molecule has 2 unspecified atom stereocenters. The minimum absolute atomic E-state index is 0.0672. The van der Waals surface area contributed by atoms with E-state index in [-0.39, 0.29) is 23.5 Å². The number of hydrogen-bond donors (Lipinski definition) is 4. The summed E-state index contributed by atoms with van der Waals surface area (Å²) in [6, 6.07) is 11.3. The summed E-state index contributed by atoms with van der Waals surface area (Å²) in [5, 5.41) is 20.4. The van der Waals surface area contributed by atoms with Crippen LogP contribution in [0.25, 0.3) is 11.0 Å². The van der Waals surface area contributed by atoms with Crippen molar-refractivity contribution < 1.29 is 10.2 Å². The third kappa shape index (κ3) is 2.54. The second-order valence-electron chi connectivity index (χ2n) is 6.52. The van der Waals surface area contributed by atoms with Crippen molar-refractivity contribution in [1.82, 2.24) is 20.4 Å². The maximum Gasteiger partial charge on any atom is 0.124 e. The third-order valence-corrected chi connectivity index (χ3v) is 5.08. The lowest BCUT2D eigenvalue weighted by Gasteiger charge is -2.21. The molecule has 4 rings (SSSR count). The van der Waals surface area contributed by atoms with Crippen LogP contribution >= 0.6 is 0 Å². The van der Waals surface area contributed by atoms with Crippen molar-refractivity contribution in [1.29, 1.82) is 0 Å². The Bertz CT molecular complexity index is 935. The van der Waals surface area contributed by atoms with E-state index < -0.39 is 0 Å². The molecule has 1 aliphatic rings. The monoisotopic (exact) mass is 338 g/mol. The molecule has 130 valence electrons. The van der Waals surface area contributed by atoms with Crippen molar-refractivity contribution >= 4 is 11.0 Å². The number of rotatable bonds is 3. The molecule has 0 radical (unpaired) electrons. The minimum Gasteiger partial charge on any atom is -0.508 e. The van der Waals surface area contributed by atoms with Gasteiger partial charge in [0.25, 0.3) is 0 Å². The Labute approximate surface area is 146 Å². The van der Waals surface area contributed by atoms with Crippen LogP contribution < -0.4 is 10.9 Å². The van der Waals surface area contributed by atoms with Crippen molar-refractivity contribution in [3.8, 4) is 11.5 Å². The highest BCUT2D eigenvalue weighted by atomic mass is 16.3. The number of para-hydroxylation sites is 2. The van der Waals surface area contributed by atoms with Gasteiger partial charge in [-0.25, -0.2) is 10.4 Å². The number of aromatic nitrogens is 2. The van der Waals surface area contributed by atoms with E-state index >= 15 is 0 Å². The van der Waals surface area contributed by atoms with Crippen molar-refractivity contribution in [2.75, 3.05) is 6.54 Å². The van der Waals surface area contributed by atoms with Gasteiger partial charge in [0.2, 0.25) is 0 Å². The highest BCUT2D eigenvalue weighted by molar-refractivity contribution is 5.76. The van der Waals surface area contributed by atoms with Crippen LogP contribution in [0.1, 0.15) is 35.8 Å². The standard InChI is InChI=1S/C19H22N4O2/c1-3-11-8-12(17(25)9-16(11)24)18-13(10-20-22-18)19-21-14-6-4-5-7-15(14)23(19)2/h4-9,13,18,20,22,24-25H,3,10H2,1-2H3. The van der Waals surface area contributed by atoms with Gasteiger partial charge in [0, 0.05) is 25.2 Å². The summed E-state index contributed by atoms with van der Waals surface area (Å²) >= 11 is 0. The van der Waals surface area contributed by atoms with Crippen LogP contribution in [-0.4, -0.2) is 26.3 Å². The molecule has 6 nitrogen and oxygen atoms in total. The number of nitrogens with zero attached hydrogens (tertiary/aromatic N) is 2. The van der Waals surface area contributed by atoms with Crippen LogP contribution in [-0.2, 0) is 13.5 Å². The van der Waals surface area contributed by atoms with Crippen LogP contribution in [0.15, 0.2) is 36.4 Å². The zero-order valence-electron chi connectivity index (χ0n) is 14.3. The lowest BCUT2D eigenvalue weighted by molar-refractivity contribution is 0.427. The van der Waals surface area contributed by atoms with Crippen molar-refractivity contribution in [3.05, 3.63) is 53.3 Å². The van der Waals surface area contributed by atoms with E-state index in [0.717, 1.165) is 28.0 Å². The third-order valence-electron chi connectivity index (χ3n) is 5.08. The van der Waals surface area contributed by atoms with Gasteiger partial charge >= 0.3 is 0 Å². The van der Waals surface area contributed by atoms with E-state index in [1.165, 1.54) is 6.07 Å². The normalized spacial score (nSPS) is 20.4. The molecule has 6 heteroatoms. The topological polar surface area (TPSA) is 82.3 Å². The summed E-state index contributed by atoms with van der Waals surface area (Å²) in [6.07, 6.45) is 0.705. The maximum atomic E-state index is 10.4. The number of hydrogen-bond acceptors (Lipinski definition) is 5. The van der Waals surface area contributed by atoms with Crippen LogP contribution in [0.5, 0.6) is 11.5 Å². The molecular weight excluding hydrogens is 316 g/mol. The minimum atomic E-state index is -0.124. The van der Waals surface area contributed by atoms with Crippen molar-refractivity contribution in [2.24, 2.45) is 7.05 Å². The van der Waals surface area contributed by atoms with E-state index in [9.17, 15) is 10.2 Å². The molecule has 0 bridgehead atoms. The predicted octanol–water partition coefficient (Wildman–Crippen LogP) is 2.48. The predicted molar refractivity (Wildman–Crippen MR) is 96.5 cm³/mol. The Morgan fingerprint density at radius 1 is 1.20 bits per heavy atom. The van der Waals surface area contributed by atoms with Crippen LogP contribution in [0.4, 0.5) is 0 Å². The van der Waals surface area contributed by atoms with E-state index in [2.05, 4.69) is 21.5 Å². The smallest absolute Gasteiger partial charge is 0.124 e. The fourth-order valence-corrected chi connectivity index (χ4v) is 3.70. The van der Waals surface area contributed by atoms with Crippen molar-refractivity contribution in [2.45, 2.75) is 25.3 Å². The molecule has 3 aromatic rings. The van der Waals surface area contributed by atoms with Gasteiger partial charge in [0.1, 0.15) is 17.3 Å². The zero-order valence-corrected chi connectivity index (χ0v) is 14.3. The Kier molecular flexibility index (Phi) is 3.86. The fraction of sp³-hybridized carbons (Fsp3) is 0.316. The summed E-state index contributed by atoms with van der Waals surface area (Å²) in [5.74, 6) is 1.26. The first-order chi connectivity index (χ1) is 12.1. The van der Waals surface area contributed by atoms with Gasteiger partial charge in [0.15, 0.2) is 0 Å². The summed E-state index contributed by atoms with van der Waals surface area (Å²) < 4.78 is 2.11. The van der Waals surface area contributed by atoms with E-state index in [1.54, 1.807) is 0 Å². The number of aryl methyl sites for hydroxylation is 2. The first kappa shape index (κ1) is 15.9. The molecule has 4 N–H and O–H groups in total. The quantitative estimate of drug-likeness (QED) is 0.590. The number of nitrogens with one attached hydrogen (secondary N) is 2. The van der Waals surface area contributed by atoms with Crippen LogP contribution in [0.3, 0.4) is 0 Å². The number of phenolic OH excluding ortho intramolecular Hbond substituents is 2. The van der Waals surface area contributed by atoms with Gasteiger partial charge < -0.3 is 14.8 Å². The molecule has 25 heavy (non-hydrogen) atoms. The first-order valence-corrected chi connectivity index (χ1v) is 8.54. The molecule has 0 saturated carbocycles. The number of phenols is 2. The van der Waals surface area contributed by atoms with E-state index in [1.807, 2.05) is 38.2 Å². The van der Waals surface area contributed by atoms with Crippen LogP contribution in [0, 0.1) is 0 Å². The molecule has 0 aliphatic carbocycles. The van der Waals surface area contributed by atoms with Gasteiger partial charge in [-0.3, -0.25) is 5.43 Å². The largest absolute Gasteiger partial charge is 0.508 e. The van der Waals surface area contributed by atoms with Crippen molar-refractivity contribution in [3.63, 3.8) is 0 Å². The summed E-state index contributed by atoms with van der Waals surface area (Å²) in [7, 11) is 2.02. The van der Waals surface area contributed by atoms with Gasteiger partial charge in [-0.05, 0) is 30.2 Å². The fourth-order valence-electron chi connectivity index (χ4n) is 3.70. The van der Waals surface area contributed by atoms with Gasteiger partial charge in [-0.2, -0.15) is 0 Å². The molecule has 0 amide bonds. The molecule has 2 heterocycles. The van der Waals surface area contributed by atoms with E-state index in [4.69, 9.17) is 4.98 Å². The lowest BCUT2D eigenvalue weighted by atomic mass is 9.91. The lowest BCUT2D eigenvalue weighted by Crippen LogP contribution is -2.25. The van der Waals surface area contributed by atoms with Gasteiger partial charge in [-0.1, -0.05) is 19.1 Å². The summed E-state index contributed by atoms with van der Waals surface area (Å²) in [4.78, 5) is 4.81. The van der Waals surface area contributed by atoms with Gasteiger partial charge in [0.05, 0.1) is 23.0 Å². The number of hydrazine groups is 1. The molecule has 1 saturated heterocycles. The molecule has 1 fully saturated rings. The molecular formula is C19H22N4O2. The number of aromatic hydroxyl groups is 2. The zero-order chi connectivity index (χ0) is 17.6. The van der Waals surface area contributed by atoms with Crippen LogP contribution in [0.2, 0.25) is 0 Å². The number of benzene rings is 2. The highest BCUT2D eigenvalue weighted by Crippen LogP contribution is 2.40. The summed E-state index contributed by atoms with van der Waals surface area (Å²) in [6.45, 7) is 2.70. The Hall–Kier alpha value is -2.57. The maximum absolute atomic E-state index is 10.4. The molecule has 2 atom stereocenters. The van der Waals surface area contributed by atoms with E-state index in [0.29, 0.717) is 13.0 Å². The van der Waals surface area contributed by atoms with Gasteiger partial charge in [-0.15, -0.1) is 0 Å². The Balaban J connectivity index is 1.79. The average Bonchev–Trinajstić information content (AvgIpc) is 3.20. The second kappa shape index (κ2) is 6.06. The summed E-state index contributed by atoms with van der Waals surface area (Å²) in [5.41, 5.74) is 10.1. The SMILES string of the molecule is CCc1cc(C2NNCC2c2nc3ccccc3n2C)c(O)cc1O. The molecule has 1 aromatic heterocycles. The molecule has 0 spiro atoms. The Morgan fingerprint density at radius 2 is 2.00 bits per heavy atom. The number of fused-ring (bicyclic) bond motifs is 1. The first-order valence-electron chi connectivity index (χ1n) is 8.54. The average molecular weight is 338 g/mol. The molecule has 2 aromatic carbocycles. The number of imidazole rings is 1.